The molecule has 2 aromatic rings. The minimum atomic E-state index is -0.228. The van der Waals surface area contributed by atoms with E-state index in [-0.39, 0.29) is 24.2 Å². The summed E-state index contributed by atoms with van der Waals surface area (Å²) in [5.41, 5.74) is 3.05. The Hall–Kier alpha value is -2.37. The number of β-amino-alcohol motifs (C(OH)–C–C–N with tert-alkyl or cyclic N) is 1. The number of likely N-dealkylation sites (tertiary alicyclic amines) is 1. The second-order valence-corrected chi connectivity index (χ2v) is 6.57. The molecule has 2 aromatic carbocycles. The van der Waals surface area contributed by atoms with Gasteiger partial charge >= 0.3 is 0 Å². The molecular weight excluding hydrogens is 316 g/mol. The number of rotatable bonds is 6. The highest BCUT2D eigenvalue weighted by molar-refractivity contribution is 5.78. The van der Waals surface area contributed by atoms with Gasteiger partial charge in [0.2, 0.25) is 5.91 Å². The van der Waals surface area contributed by atoms with E-state index in [0.717, 1.165) is 30.6 Å². The molecule has 25 heavy (non-hydrogen) atoms. The van der Waals surface area contributed by atoms with Gasteiger partial charge in [0, 0.05) is 26.2 Å². The Bertz CT molecular complexity index is 732. The second-order valence-electron chi connectivity index (χ2n) is 6.57. The molecule has 5 nitrogen and oxygen atoms in total. The van der Waals surface area contributed by atoms with E-state index in [2.05, 4.69) is 16.3 Å². The molecule has 1 fully saturated rings. The number of aliphatic hydroxyl groups is 1. The fourth-order valence-electron chi connectivity index (χ4n) is 3.19. The third kappa shape index (κ3) is 5.05. The van der Waals surface area contributed by atoms with Crippen molar-refractivity contribution in [3.05, 3.63) is 65.2 Å². The highest BCUT2D eigenvalue weighted by atomic mass is 16.3. The second kappa shape index (κ2) is 8.14. The molecule has 3 rings (SSSR count). The van der Waals surface area contributed by atoms with Crippen LogP contribution in [0.15, 0.2) is 48.5 Å². The molecule has 1 aliphatic heterocycles. The predicted molar refractivity (Wildman–Crippen MR) is 96.0 cm³/mol. The van der Waals surface area contributed by atoms with E-state index in [1.165, 1.54) is 5.56 Å². The van der Waals surface area contributed by atoms with Gasteiger partial charge in [-0.15, -0.1) is 0 Å². The van der Waals surface area contributed by atoms with Gasteiger partial charge in [-0.3, -0.25) is 9.69 Å². The molecule has 1 unspecified atom stereocenters. The topological polar surface area (TPSA) is 72.8 Å². The first-order valence-electron chi connectivity index (χ1n) is 8.62. The number of amides is 1. The summed E-state index contributed by atoms with van der Waals surface area (Å²) >= 11 is 0. The van der Waals surface area contributed by atoms with Crippen molar-refractivity contribution in [2.75, 3.05) is 13.1 Å². The number of phenols is 1. The van der Waals surface area contributed by atoms with E-state index in [0.29, 0.717) is 13.1 Å². The number of hydrogen-bond donors (Lipinski definition) is 3. The zero-order chi connectivity index (χ0) is 17.6. The number of aliphatic hydroxyl groups excluding tert-OH is 1. The maximum absolute atomic E-state index is 12.2. The lowest BCUT2D eigenvalue weighted by atomic mass is 10.1. The Morgan fingerprint density at radius 1 is 1.16 bits per heavy atom. The number of hydrogen-bond acceptors (Lipinski definition) is 4. The van der Waals surface area contributed by atoms with E-state index < -0.39 is 0 Å². The molecule has 0 aliphatic carbocycles. The zero-order valence-corrected chi connectivity index (χ0v) is 14.2. The Morgan fingerprint density at radius 2 is 1.96 bits per heavy atom. The van der Waals surface area contributed by atoms with Crippen LogP contribution in [0.5, 0.6) is 5.75 Å². The first kappa shape index (κ1) is 17.5. The molecule has 0 saturated carbocycles. The summed E-state index contributed by atoms with van der Waals surface area (Å²) in [6, 6.07) is 14.8. The molecule has 3 N–H and O–H groups in total. The van der Waals surface area contributed by atoms with Crippen molar-refractivity contribution in [3.8, 4) is 5.75 Å². The van der Waals surface area contributed by atoms with E-state index in [1.54, 1.807) is 18.2 Å². The maximum atomic E-state index is 12.2. The number of benzene rings is 2. The summed E-state index contributed by atoms with van der Waals surface area (Å²) in [5, 5.41) is 22.1. The molecule has 1 saturated heterocycles. The van der Waals surface area contributed by atoms with Crippen LogP contribution in [0.4, 0.5) is 0 Å². The van der Waals surface area contributed by atoms with E-state index in [4.69, 9.17) is 0 Å². The lowest BCUT2D eigenvalue weighted by Crippen LogP contribution is -2.26. The lowest BCUT2D eigenvalue weighted by Gasteiger charge is -2.18. The Balaban J connectivity index is 1.56. The maximum Gasteiger partial charge on any atom is 0.224 e. The molecule has 1 aliphatic rings. The summed E-state index contributed by atoms with van der Waals surface area (Å²) in [4.78, 5) is 14.4. The molecule has 1 amide bonds. The van der Waals surface area contributed by atoms with Crippen LogP contribution >= 0.6 is 0 Å². The number of nitrogens with zero attached hydrogens (tertiary/aromatic N) is 1. The smallest absolute Gasteiger partial charge is 0.224 e. The van der Waals surface area contributed by atoms with Crippen LogP contribution in [0, 0.1) is 0 Å². The van der Waals surface area contributed by atoms with Crippen molar-refractivity contribution < 1.29 is 15.0 Å². The molecule has 0 spiro atoms. The highest BCUT2D eigenvalue weighted by Gasteiger charge is 2.20. The third-order valence-corrected chi connectivity index (χ3v) is 4.51. The normalized spacial score (nSPS) is 17.6. The lowest BCUT2D eigenvalue weighted by molar-refractivity contribution is -0.120. The quantitative estimate of drug-likeness (QED) is 0.750. The summed E-state index contributed by atoms with van der Waals surface area (Å²) in [6.45, 7) is 2.87. The van der Waals surface area contributed by atoms with Crippen LogP contribution in [-0.4, -0.2) is 40.2 Å². The van der Waals surface area contributed by atoms with Gasteiger partial charge < -0.3 is 15.5 Å². The van der Waals surface area contributed by atoms with Gasteiger partial charge in [-0.25, -0.2) is 0 Å². The van der Waals surface area contributed by atoms with E-state index in [9.17, 15) is 15.0 Å². The number of phenolic OH excluding ortho intramolecular Hbond substituents is 1. The Morgan fingerprint density at radius 3 is 2.68 bits per heavy atom. The highest BCUT2D eigenvalue weighted by Crippen LogP contribution is 2.17. The van der Waals surface area contributed by atoms with Gasteiger partial charge in [0.25, 0.3) is 0 Å². The monoisotopic (exact) mass is 340 g/mol. The van der Waals surface area contributed by atoms with Crippen LogP contribution in [0.1, 0.15) is 23.1 Å². The fourth-order valence-corrected chi connectivity index (χ4v) is 3.19. The van der Waals surface area contributed by atoms with Crippen molar-refractivity contribution in [1.82, 2.24) is 10.2 Å². The van der Waals surface area contributed by atoms with Crippen LogP contribution in [-0.2, 0) is 24.3 Å². The first-order valence-corrected chi connectivity index (χ1v) is 8.62. The standard InChI is InChI=1S/C20H24N2O3/c23-18-7-3-4-15(10-18)11-20(25)21-12-16-5-1-2-6-17(16)13-22-9-8-19(24)14-22/h1-7,10,19,23-24H,8-9,11-14H2,(H,21,25). The molecule has 1 atom stereocenters. The van der Waals surface area contributed by atoms with Gasteiger partial charge in [-0.2, -0.15) is 0 Å². The van der Waals surface area contributed by atoms with E-state index >= 15 is 0 Å². The van der Waals surface area contributed by atoms with Crippen molar-refractivity contribution in [2.24, 2.45) is 0 Å². The zero-order valence-electron chi connectivity index (χ0n) is 14.2. The molecule has 5 heteroatoms. The fraction of sp³-hybridized carbons (Fsp3) is 0.350. The molecule has 0 aromatic heterocycles. The van der Waals surface area contributed by atoms with Gasteiger partial charge in [0.05, 0.1) is 12.5 Å². The van der Waals surface area contributed by atoms with Crippen LogP contribution in [0.2, 0.25) is 0 Å². The predicted octanol–water partition coefficient (Wildman–Crippen LogP) is 1.82. The summed E-state index contributed by atoms with van der Waals surface area (Å²) in [5.74, 6) is 0.0976. The van der Waals surface area contributed by atoms with Crippen molar-refractivity contribution in [3.63, 3.8) is 0 Å². The molecule has 132 valence electrons. The van der Waals surface area contributed by atoms with Crippen molar-refractivity contribution in [2.45, 2.75) is 32.0 Å². The first-order chi connectivity index (χ1) is 12.1. The van der Waals surface area contributed by atoms with Crippen LogP contribution in [0.3, 0.4) is 0 Å². The molecular formula is C20H24N2O3. The van der Waals surface area contributed by atoms with E-state index in [1.807, 2.05) is 24.3 Å². The molecule has 0 radical (unpaired) electrons. The molecule has 0 bridgehead atoms. The third-order valence-electron chi connectivity index (χ3n) is 4.51. The minimum absolute atomic E-state index is 0.0722. The minimum Gasteiger partial charge on any atom is -0.508 e. The van der Waals surface area contributed by atoms with Gasteiger partial charge in [0.1, 0.15) is 5.75 Å². The number of carbonyl (C=O) groups excluding carboxylic acids is 1. The average Bonchev–Trinajstić information content (AvgIpc) is 2.99. The number of nitrogens with one attached hydrogen (secondary N) is 1. The summed E-state index contributed by atoms with van der Waals surface area (Å²) < 4.78 is 0. The Labute approximate surface area is 147 Å². The van der Waals surface area contributed by atoms with Crippen LogP contribution < -0.4 is 5.32 Å². The largest absolute Gasteiger partial charge is 0.508 e. The summed E-state index contributed by atoms with van der Waals surface area (Å²) in [7, 11) is 0. The number of carbonyl (C=O) groups is 1. The Kier molecular flexibility index (Phi) is 5.68. The van der Waals surface area contributed by atoms with Gasteiger partial charge in [-0.05, 0) is 35.2 Å². The van der Waals surface area contributed by atoms with Crippen LogP contribution in [0.25, 0.3) is 0 Å². The molecule has 1 heterocycles. The van der Waals surface area contributed by atoms with Crippen molar-refractivity contribution in [1.29, 1.82) is 0 Å². The summed E-state index contributed by atoms with van der Waals surface area (Å²) in [6.07, 6.45) is 0.840. The van der Waals surface area contributed by atoms with Gasteiger partial charge in [0.15, 0.2) is 0 Å². The SMILES string of the molecule is O=C(Cc1cccc(O)c1)NCc1ccccc1CN1CCC(O)C1. The number of aromatic hydroxyl groups is 1. The van der Waals surface area contributed by atoms with Gasteiger partial charge in [-0.1, -0.05) is 36.4 Å². The van der Waals surface area contributed by atoms with Crippen molar-refractivity contribution >= 4 is 5.91 Å². The average molecular weight is 340 g/mol.